The zero-order valence-electron chi connectivity index (χ0n) is 18.2. The van der Waals surface area contributed by atoms with E-state index in [2.05, 4.69) is 9.97 Å². The highest BCUT2D eigenvalue weighted by Gasteiger charge is 2.27. The molecule has 0 radical (unpaired) electrons. The van der Waals surface area contributed by atoms with Crippen LogP contribution in [0.4, 0.5) is 14.6 Å². The number of amides is 1. The molecule has 2 aromatic heterocycles. The molecule has 0 saturated heterocycles. The van der Waals surface area contributed by atoms with Gasteiger partial charge in [0.2, 0.25) is 5.88 Å². The average molecular weight is 427 g/mol. The summed E-state index contributed by atoms with van der Waals surface area (Å²) in [5.41, 5.74) is 1.79. The Hall–Kier alpha value is -3.35. The van der Waals surface area contributed by atoms with Gasteiger partial charge in [0.05, 0.1) is 17.5 Å². The third-order valence-corrected chi connectivity index (χ3v) is 4.26. The van der Waals surface area contributed by atoms with Gasteiger partial charge < -0.3 is 4.74 Å². The molecule has 31 heavy (non-hydrogen) atoms. The van der Waals surface area contributed by atoms with Gasteiger partial charge >= 0.3 is 0 Å². The van der Waals surface area contributed by atoms with Gasteiger partial charge in [0.15, 0.2) is 0 Å². The minimum atomic E-state index is -0.453. The summed E-state index contributed by atoms with van der Waals surface area (Å²) in [6, 6.07) is 12.2. The van der Waals surface area contributed by atoms with E-state index in [1.165, 1.54) is 29.2 Å². The van der Waals surface area contributed by atoms with Gasteiger partial charge in [-0.2, -0.15) is 0 Å². The van der Waals surface area contributed by atoms with E-state index < -0.39 is 5.82 Å². The largest absolute Gasteiger partial charge is 0.473 e. The Morgan fingerprint density at radius 3 is 2.45 bits per heavy atom. The lowest BCUT2D eigenvalue weighted by molar-refractivity contribution is 0.0978. The van der Waals surface area contributed by atoms with Crippen molar-refractivity contribution in [1.29, 1.82) is 0 Å². The summed E-state index contributed by atoms with van der Waals surface area (Å²) in [5.74, 6) is -0.239. The second-order valence-corrected chi connectivity index (χ2v) is 6.10. The SMILES string of the molecule is CC.CC.O=C1c2ccc(OCc3cccc(F)c3)nc2CCN1c1ccc(F)cn1. The second kappa shape index (κ2) is 11.7. The Kier molecular flexibility index (Phi) is 9.06. The molecule has 0 spiro atoms. The van der Waals surface area contributed by atoms with Crippen molar-refractivity contribution < 1.29 is 18.3 Å². The molecule has 7 heteroatoms. The fourth-order valence-electron chi connectivity index (χ4n) is 2.94. The van der Waals surface area contributed by atoms with Crippen LogP contribution in [0.1, 0.15) is 49.3 Å². The van der Waals surface area contributed by atoms with Crippen LogP contribution in [-0.2, 0) is 13.0 Å². The number of carbonyl (C=O) groups is 1. The first kappa shape index (κ1) is 23.9. The second-order valence-electron chi connectivity index (χ2n) is 6.10. The van der Waals surface area contributed by atoms with Crippen molar-refractivity contribution in [2.24, 2.45) is 0 Å². The average Bonchev–Trinajstić information content (AvgIpc) is 2.81. The molecule has 0 unspecified atom stereocenters. The number of hydrogen-bond acceptors (Lipinski definition) is 4. The number of rotatable bonds is 4. The van der Waals surface area contributed by atoms with Gasteiger partial charge in [0, 0.05) is 19.0 Å². The molecule has 1 aliphatic heterocycles. The van der Waals surface area contributed by atoms with Crippen LogP contribution in [0.2, 0.25) is 0 Å². The molecule has 0 N–H and O–H groups in total. The van der Waals surface area contributed by atoms with Crippen LogP contribution in [0.25, 0.3) is 0 Å². The number of fused-ring (bicyclic) bond motifs is 1. The van der Waals surface area contributed by atoms with E-state index >= 15 is 0 Å². The van der Waals surface area contributed by atoms with Crippen molar-refractivity contribution in [3.05, 3.63) is 83.2 Å². The Morgan fingerprint density at radius 1 is 1.00 bits per heavy atom. The third-order valence-electron chi connectivity index (χ3n) is 4.26. The number of carbonyl (C=O) groups excluding carboxylic acids is 1. The fraction of sp³-hybridized carbons (Fsp3) is 0.292. The highest BCUT2D eigenvalue weighted by atomic mass is 19.1. The minimum Gasteiger partial charge on any atom is -0.473 e. The first-order valence-corrected chi connectivity index (χ1v) is 10.4. The molecule has 0 fully saturated rings. The maximum Gasteiger partial charge on any atom is 0.261 e. The van der Waals surface area contributed by atoms with Crippen molar-refractivity contribution in [2.45, 2.75) is 40.7 Å². The van der Waals surface area contributed by atoms with Crippen molar-refractivity contribution in [3.8, 4) is 5.88 Å². The predicted molar refractivity (Wildman–Crippen MR) is 117 cm³/mol. The molecular formula is C24H27F2N3O2. The number of nitrogens with zero attached hydrogens (tertiary/aromatic N) is 3. The normalized spacial score (nSPS) is 12.1. The molecule has 1 aliphatic rings. The van der Waals surface area contributed by atoms with E-state index in [9.17, 15) is 13.6 Å². The molecule has 0 atom stereocenters. The van der Waals surface area contributed by atoms with Gasteiger partial charge in [-0.3, -0.25) is 9.69 Å². The number of aromatic nitrogens is 2. The standard InChI is InChI=1S/C20H15F2N3O2.2C2H6/c21-14-3-1-2-13(10-14)12-27-19-7-5-16-17(24-19)8-9-25(20(16)26)18-6-4-15(22)11-23-18;2*1-2/h1-7,10-11H,8-9,12H2;2*1-2H3. The Morgan fingerprint density at radius 2 is 1.77 bits per heavy atom. The van der Waals surface area contributed by atoms with Gasteiger partial charge in [-0.25, -0.2) is 18.7 Å². The first-order chi connectivity index (χ1) is 15.1. The van der Waals surface area contributed by atoms with Gasteiger partial charge in [-0.1, -0.05) is 39.8 Å². The number of halogens is 2. The Bertz CT molecular complexity index is 994. The lowest BCUT2D eigenvalue weighted by atomic mass is 10.0. The summed E-state index contributed by atoms with van der Waals surface area (Å²) in [5, 5.41) is 0. The van der Waals surface area contributed by atoms with E-state index in [1.54, 1.807) is 24.3 Å². The zero-order valence-corrected chi connectivity index (χ0v) is 18.2. The van der Waals surface area contributed by atoms with E-state index in [-0.39, 0.29) is 18.3 Å². The quantitative estimate of drug-likeness (QED) is 0.545. The molecule has 0 aliphatic carbocycles. The molecule has 5 nitrogen and oxygen atoms in total. The lowest BCUT2D eigenvalue weighted by Crippen LogP contribution is -2.38. The number of ether oxygens (including phenoxy) is 1. The Balaban J connectivity index is 0.000000807. The Labute approximate surface area is 181 Å². The van der Waals surface area contributed by atoms with Crippen molar-refractivity contribution in [1.82, 2.24) is 9.97 Å². The van der Waals surface area contributed by atoms with Crippen molar-refractivity contribution in [3.63, 3.8) is 0 Å². The lowest BCUT2D eigenvalue weighted by Gasteiger charge is -2.27. The van der Waals surface area contributed by atoms with E-state index in [0.29, 0.717) is 41.5 Å². The molecule has 3 aromatic rings. The van der Waals surface area contributed by atoms with E-state index in [4.69, 9.17) is 4.74 Å². The van der Waals surface area contributed by atoms with Gasteiger partial charge in [0.25, 0.3) is 5.91 Å². The number of hydrogen-bond donors (Lipinski definition) is 0. The monoisotopic (exact) mass is 427 g/mol. The summed E-state index contributed by atoms with van der Waals surface area (Å²) < 4.78 is 31.9. The molecule has 1 amide bonds. The van der Waals surface area contributed by atoms with E-state index in [0.717, 1.165) is 6.20 Å². The molecule has 0 saturated carbocycles. The van der Waals surface area contributed by atoms with Crippen LogP contribution in [0, 0.1) is 11.6 Å². The first-order valence-electron chi connectivity index (χ1n) is 10.4. The number of anilines is 1. The number of benzene rings is 1. The summed E-state index contributed by atoms with van der Waals surface area (Å²) in [6.07, 6.45) is 1.61. The van der Waals surface area contributed by atoms with E-state index in [1.807, 2.05) is 27.7 Å². The highest BCUT2D eigenvalue weighted by Crippen LogP contribution is 2.24. The topological polar surface area (TPSA) is 55.3 Å². The van der Waals surface area contributed by atoms with Crippen molar-refractivity contribution >= 4 is 11.7 Å². The molecular weight excluding hydrogens is 400 g/mol. The van der Waals surface area contributed by atoms with Gasteiger partial charge in [-0.05, 0) is 35.9 Å². The third kappa shape index (κ3) is 6.07. The molecule has 0 bridgehead atoms. The zero-order chi connectivity index (χ0) is 22.8. The van der Waals surface area contributed by atoms with Crippen LogP contribution in [0.15, 0.2) is 54.7 Å². The van der Waals surface area contributed by atoms with Crippen LogP contribution in [-0.4, -0.2) is 22.4 Å². The predicted octanol–water partition coefficient (Wildman–Crippen LogP) is 5.59. The smallest absolute Gasteiger partial charge is 0.261 e. The number of pyridine rings is 2. The van der Waals surface area contributed by atoms with Crippen LogP contribution < -0.4 is 9.64 Å². The maximum absolute atomic E-state index is 13.2. The molecule has 1 aromatic carbocycles. The summed E-state index contributed by atoms with van der Waals surface area (Å²) in [7, 11) is 0. The summed E-state index contributed by atoms with van der Waals surface area (Å²) in [6.45, 7) is 8.58. The van der Waals surface area contributed by atoms with Crippen molar-refractivity contribution in [2.75, 3.05) is 11.4 Å². The fourth-order valence-corrected chi connectivity index (χ4v) is 2.94. The highest BCUT2D eigenvalue weighted by molar-refractivity contribution is 6.07. The van der Waals surface area contributed by atoms with Crippen LogP contribution in [0.5, 0.6) is 5.88 Å². The maximum atomic E-state index is 13.2. The van der Waals surface area contributed by atoms with Gasteiger partial charge in [-0.15, -0.1) is 0 Å². The van der Waals surface area contributed by atoms with Gasteiger partial charge in [0.1, 0.15) is 24.1 Å². The molecule has 4 rings (SSSR count). The summed E-state index contributed by atoms with van der Waals surface area (Å²) in [4.78, 5) is 22.6. The summed E-state index contributed by atoms with van der Waals surface area (Å²) >= 11 is 0. The molecule has 164 valence electrons. The molecule has 3 heterocycles. The van der Waals surface area contributed by atoms with Crippen LogP contribution >= 0.6 is 0 Å². The van der Waals surface area contributed by atoms with Crippen LogP contribution in [0.3, 0.4) is 0 Å². The minimum absolute atomic E-state index is 0.184.